The Hall–Kier alpha value is -0.740. The molecule has 5 heteroatoms. The number of benzene rings is 1. The Labute approximate surface area is 104 Å². The van der Waals surface area contributed by atoms with E-state index in [1.165, 1.54) is 17.0 Å². The van der Waals surface area contributed by atoms with E-state index in [1.54, 1.807) is 6.07 Å². The van der Waals surface area contributed by atoms with Gasteiger partial charge in [0.05, 0.1) is 5.69 Å². The number of amides is 1. The van der Waals surface area contributed by atoms with Crippen molar-refractivity contribution in [2.24, 2.45) is 5.92 Å². The van der Waals surface area contributed by atoms with E-state index in [1.807, 2.05) is 0 Å². The minimum absolute atomic E-state index is 0.0553. The summed E-state index contributed by atoms with van der Waals surface area (Å²) in [4.78, 5) is 13.1. The van der Waals surface area contributed by atoms with E-state index in [0.29, 0.717) is 29.4 Å². The summed E-state index contributed by atoms with van der Waals surface area (Å²) < 4.78 is 13.6. The second-order valence-corrected chi connectivity index (χ2v) is 4.65. The first-order valence-electron chi connectivity index (χ1n) is 4.98. The van der Waals surface area contributed by atoms with Gasteiger partial charge in [0.15, 0.2) is 0 Å². The Morgan fingerprint density at radius 1 is 1.56 bits per heavy atom. The second kappa shape index (κ2) is 4.63. The number of nitrogens with zero attached hydrogens (tertiary/aromatic N) is 1. The fraction of sp³-hybridized carbons (Fsp3) is 0.364. The molecule has 0 radical (unpaired) electrons. The molecular formula is C11H11ClFNOS. The first kappa shape index (κ1) is 11.7. The molecule has 1 aromatic rings. The van der Waals surface area contributed by atoms with Crippen molar-refractivity contribution in [3.63, 3.8) is 0 Å². The average molecular weight is 260 g/mol. The lowest BCUT2D eigenvalue weighted by molar-refractivity contribution is -0.117. The summed E-state index contributed by atoms with van der Waals surface area (Å²) in [6, 6.07) is 4.34. The SMILES string of the molecule is O=C1CC(CS)CN1c1ccc(Cl)cc1F. The predicted octanol–water partition coefficient (Wildman–Crippen LogP) is 2.76. The van der Waals surface area contributed by atoms with E-state index >= 15 is 0 Å². The molecule has 1 amide bonds. The third-order valence-corrected chi connectivity index (χ3v) is 3.42. The zero-order valence-corrected chi connectivity index (χ0v) is 10.1. The number of halogens is 2. The fourth-order valence-electron chi connectivity index (χ4n) is 1.84. The highest BCUT2D eigenvalue weighted by atomic mass is 35.5. The highest BCUT2D eigenvalue weighted by Crippen LogP contribution is 2.29. The molecule has 0 N–H and O–H groups in total. The molecule has 0 saturated carbocycles. The molecule has 2 rings (SSSR count). The van der Waals surface area contributed by atoms with Crippen molar-refractivity contribution in [2.75, 3.05) is 17.2 Å². The molecule has 1 aromatic carbocycles. The minimum atomic E-state index is -0.458. The lowest BCUT2D eigenvalue weighted by Gasteiger charge is -2.17. The Bertz CT molecular complexity index is 426. The summed E-state index contributed by atoms with van der Waals surface area (Å²) in [6.45, 7) is 0.529. The lowest BCUT2D eigenvalue weighted by Crippen LogP contribution is -2.25. The van der Waals surface area contributed by atoms with Crippen LogP contribution >= 0.6 is 24.2 Å². The quantitative estimate of drug-likeness (QED) is 0.810. The van der Waals surface area contributed by atoms with Crippen LogP contribution in [-0.4, -0.2) is 18.2 Å². The van der Waals surface area contributed by atoms with Crippen LogP contribution in [-0.2, 0) is 4.79 Å². The molecule has 86 valence electrons. The van der Waals surface area contributed by atoms with Gasteiger partial charge in [-0.2, -0.15) is 12.6 Å². The summed E-state index contributed by atoms with van der Waals surface area (Å²) in [5.74, 6) is 0.323. The first-order chi connectivity index (χ1) is 7.61. The molecule has 1 aliphatic rings. The molecule has 1 saturated heterocycles. The lowest BCUT2D eigenvalue weighted by atomic mass is 10.1. The molecule has 2 nitrogen and oxygen atoms in total. The summed E-state index contributed by atoms with van der Waals surface area (Å²) in [5.41, 5.74) is 0.304. The third-order valence-electron chi connectivity index (χ3n) is 2.66. The van der Waals surface area contributed by atoms with Gasteiger partial charge < -0.3 is 4.90 Å². The maximum absolute atomic E-state index is 13.6. The molecule has 0 spiro atoms. The molecule has 0 aromatic heterocycles. The maximum Gasteiger partial charge on any atom is 0.227 e. The minimum Gasteiger partial charge on any atom is -0.309 e. The second-order valence-electron chi connectivity index (χ2n) is 3.85. The standard InChI is InChI=1S/C11H11ClFNOS/c12-8-1-2-10(9(13)4-8)14-5-7(6-16)3-11(14)15/h1-2,4,7,16H,3,5-6H2. The van der Waals surface area contributed by atoms with Gasteiger partial charge in [-0.3, -0.25) is 4.79 Å². The van der Waals surface area contributed by atoms with E-state index in [2.05, 4.69) is 12.6 Å². The van der Waals surface area contributed by atoms with Gasteiger partial charge in [0.25, 0.3) is 0 Å². The van der Waals surface area contributed by atoms with E-state index in [9.17, 15) is 9.18 Å². The number of thiol groups is 1. The van der Waals surface area contributed by atoms with Crippen LogP contribution in [0.2, 0.25) is 5.02 Å². The van der Waals surface area contributed by atoms with E-state index < -0.39 is 5.82 Å². The zero-order chi connectivity index (χ0) is 11.7. The van der Waals surface area contributed by atoms with Crippen molar-refractivity contribution in [2.45, 2.75) is 6.42 Å². The highest BCUT2D eigenvalue weighted by Gasteiger charge is 2.31. The van der Waals surface area contributed by atoms with Crippen LogP contribution < -0.4 is 4.90 Å². The van der Waals surface area contributed by atoms with Gasteiger partial charge in [-0.05, 0) is 29.9 Å². The largest absolute Gasteiger partial charge is 0.309 e. The molecule has 1 atom stereocenters. The normalized spacial score (nSPS) is 20.6. The smallest absolute Gasteiger partial charge is 0.227 e. The third kappa shape index (κ3) is 2.18. The first-order valence-corrected chi connectivity index (χ1v) is 5.99. The topological polar surface area (TPSA) is 20.3 Å². The molecule has 16 heavy (non-hydrogen) atoms. The van der Waals surface area contributed by atoms with Gasteiger partial charge >= 0.3 is 0 Å². The van der Waals surface area contributed by atoms with Crippen LogP contribution in [0, 0.1) is 11.7 Å². The van der Waals surface area contributed by atoms with Gasteiger partial charge in [-0.1, -0.05) is 11.6 Å². The molecular weight excluding hydrogens is 249 g/mol. The van der Waals surface area contributed by atoms with Crippen molar-refractivity contribution in [1.29, 1.82) is 0 Å². The molecule has 1 aliphatic heterocycles. The fourth-order valence-corrected chi connectivity index (χ4v) is 2.24. The summed E-state index contributed by atoms with van der Waals surface area (Å²) in [6.07, 6.45) is 0.436. The summed E-state index contributed by atoms with van der Waals surface area (Å²) in [7, 11) is 0. The molecule has 0 bridgehead atoms. The summed E-state index contributed by atoms with van der Waals surface area (Å²) >= 11 is 9.82. The van der Waals surface area contributed by atoms with Gasteiger partial charge in [0.2, 0.25) is 5.91 Å². The van der Waals surface area contributed by atoms with Crippen LogP contribution in [0.25, 0.3) is 0 Å². The van der Waals surface area contributed by atoms with Crippen molar-refractivity contribution in [3.05, 3.63) is 29.0 Å². The van der Waals surface area contributed by atoms with Crippen LogP contribution in [0.15, 0.2) is 18.2 Å². The van der Waals surface area contributed by atoms with Crippen molar-refractivity contribution < 1.29 is 9.18 Å². The summed E-state index contributed by atoms with van der Waals surface area (Å²) in [5, 5.41) is 0.332. The van der Waals surface area contributed by atoms with Crippen LogP contribution in [0.1, 0.15) is 6.42 Å². The van der Waals surface area contributed by atoms with Crippen LogP contribution in [0.3, 0.4) is 0 Å². The number of anilines is 1. The van der Waals surface area contributed by atoms with E-state index in [-0.39, 0.29) is 11.8 Å². The van der Waals surface area contributed by atoms with Gasteiger partial charge in [0, 0.05) is 18.0 Å². The molecule has 0 aliphatic carbocycles. The average Bonchev–Trinajstić information content (AvgIpc) is 2.60. The Morgan fingerprint density at radius 3 is 2.88 bits per heavy atom. The van der Waals surface area contributed by atoms with Crippen molar-refractivity contribution in [3.8, 4) is 0 Å². The van der Waals surface area contributed by atoms with Crippen LogP contribution in [0.5, 0.6) is 0 Å². The monoisotopic (exact) mass is 259 g/mol. The number of carbonyl (C=O) groups excluding carboxylic acids is 1. The van der Waals surface area contributed by atoms with Gasteiger partial charge in [-0.25, -0.2) is 4.39 Å². The number of hydrogen-bond donors (Lipinski definition) is 1. The number of rotatable bonds is 2. The predicted molar refractivity (Wildman–Crippen MR) is 65.7 cm³/mol. The van der Waals surface area contributed by atoms with Crippen molar-refractivity contribution >= 4 is 35.8 Å². The Balaban J connectivity index is 2.28. The molecule has 1 unspecified atom stereocenters. The van der Waals surface area contributed by atoms with Crippen LogP contribution in [0.4, 0.5) is 10.1 Å². The van der Waals surface area contributed by atoms with Gasteiger partial charge in [0.1, 0.15) is 5.82 Å². The molecule has 1 heterocycles. The maximum atomic E-state index is 13.6. The molecule has 1 fully saturated rings. The highest BCUT2D eigenvalue weighted by molar-refractivity contribution is 7.80. The zero-order valence-electron chi connectivity index (χ0n) is 8.49. The Kier molecular flexibility index (Phi) is 3.40. The number of hydrogen-bond acceptors (Lipinski definition) is 2. The van der Waals surface area contributed by atoms with Crippen molar-refractivity contribution in [1.82, 2.24) is 0 Å². The van der Waals surface area contributed by atoms with E-state index in [0.717, 1.165) is 0 Å². The number of carbonyl (C=O) groups is 1. The Morgan fingerprint density at radius 2 is 2.31 bits per heavy atom. The van der Waals surface area contributed by atoms with E-state index in [4.69, 9.17) is 11.6 Å². The van der Waals surface area contributed by atoms with Gasteiger partial charge in [-0.15, -0.1) is 0 Å².